The van der Waals surface area contributed by atoms with Crippen LogP contribution in [-0.4, -0.2) is 60.1 Å². The van der Waals surface area contributed by atoms with Crippen LogP contribution in [0.3, 0.4) is 0 Å². The van der Waals surface area contributed by atoms with Gasteiger partial charge in [0.25, 0.3) is 11.7 Å². The number of rotatable bonds is 5. The van der Waals surface area contributed by atoms with Crippen LogP contribution in [0.4, 0.5) is 5.69 Å². The topological polar surface area (TPSA) is 69.7 Å². The molecule has 6 nitrogen and oxygen atoms in total. The van der Waals surface area contributed by atoms with E-state index in [1.807, 2.05) is 43.9 Å². The highest BCUT2D eigenvalue weighted by molar-refractivity contribution is 6.43. The first-order chi connectivity index (χ1) is 14.8. The number of amides is 2. The third-order valence-corrected chi connectivity index (χ3v) is 5.82. The minimum absolute atomic E-state index is 0.158. The van der Waals surface area contributed by atoms with Crippen molar-refractivity contribution in [2.24, 2.45) is 0 Å². The lowest BCUT2D eigenvalue weighted by Gasteiger charge is -2.22. The van der Waals surface area contributed by atoms with Crippen LogP contribution < -0.4 is 5.32 Å². The molecule has 1 fully saturated rings. The van der Waals surface area contributed by atoms with Crippen molar-refractivity contribution >= 4 is 34.9 Å². The largest absolute Gasteiger partial charge is 0.334 e. The van der Waals surface area contributed by atoms with Crippen molar-refractivity contribution in [2.45, 2.75) is 27.2 Å². The number of carbonyl (C=O) groups excluding carboxylic acids is 3. The molecular weight excluding hydrogens is 414 g/mol. The average molecular weight is 442 g/mol. The second kappa shape index (κ2) is 10.1. The summed E-state index contributed by atoms with van der Waals surface area (Å²) >= 11 is 6.10. The molecule has 0 aliphatic carbocycles. The molecule has 0 saturated carbocycles. The lowest BCUT2D eigenvalue weighted by molar-refractivity contribution is -0.126. The lowest BCUT2D eigenvalue weighted by atomic mass is 9.96. The molecule has 1 aliphatic heterocycles. The van der Waals surface area contributed by atoms with Crippen molar-refractivity contribution in [1.29, 1.82) is 0 Å². The summed E-state index contributed by atoms with van der Waals surface area (Å²) < 4.78 is 0. The number of hydrogen-bond donors (Lipinski definition) is 1. The maximum atomic E-state index is 12.9. The van der Waals surface area contributed by atoms with Crippen LogP contribution in [0, 0.1) is 20.8 Å². The quantitative estimate of drug-likeness (QED) is 0.568. The number of nitrogens with zero attached hydrogens (tertiary/aromatic N) is 2. The Kier molecular flexibility index (Phi) is 7.46. The van der Waals surface area contributed by atoms with Gasteiger partial charge in [0.1, 0.15) is 0 Å². The number of carbonyl (C=O) groups is 3. The molecule has 1 heterocycles. The number of para-hydroxylation sites is 1. The lowest BCUT2D eigenvalue weighted by Crippen LogP contribution is -2.40. The van der Waals surface area contributed by atoms with Gasteiger partial charge in [-0.25, -0.2) is 0 Å². The van der Waals surface area contributed by atoms with E-state index in [2.05, 4.69) is 5.32 Å². The van der Waals surface area contributed by atoms with Gasteiger partial charge in [-0.3, -0.25) is 19.3 Å². The number of anilines is 1. The predicted octanol–water partition coefficient (Wildman–Crippen LogP) is 3.62. The zero-order chi connectivity index (χ0) is 22.5. The van der Waals surface area contributed by atoms with Gasteiger partial charge >= 0.3 is 0 Å². The first kappa shape index (κ1) is 23.0. The third-order valence-electron chi connectivity index (χ3n) is 5.49. The Labute approximate surface area is 188 Å². The van der Waals surface area contributed by atoms with Crippen LogP contribution in [0.25, 0.3) is 0 Å². The standard InChI is InChI=1S/C24H28ClN3O3/c1-16-13-17(2)22(18(3)14-16)23(30)24(31)28-10-6-9-27(11-12-28)15-21(29)26-20-8-5-4-7-19(20)25/h4-5,7-8,13-14H,6,9-12,15H2,1-3H3,(H,26,29). The van der Waals surface area contributed by atoms with Crippen LogP contribution in [-0.2, 0) is 9.59 Å². The Morgan fingerprint density at radius 2 is 1.65 bits per heavy atom. The van der Waals surface area contributed by atoms with Crippen molar-refractivity contribution in [3.05, 3.63) is 63.7 Å². The Morgan fingerprint density at radius 1 is 0.968 bits per heavy atom. The molecule has 31 heavy (non-hydrogen) atoms. The van der Waals surface area contributed by atoms with Crippen LogP contribution in [0.5, 0.6) is 0 Å². The Hall–Kier alpha value is -2.70. The molecule has 7 heteroatoms. The molecular formula is C24H28ClN3O3. The van der Waals surface area contributed by atoms with E-state index in [0.717, 1.165) is 16.7 Å². The fourth-order valence-electron chi connectivity index (χ4n) is 4.08. The highest BCUT2D eigenvalue weighted by Gasteiger charge is 2.28. The van der Waals surface area contributed by atoms with Gasteiger partial charge in [0.2, 0.25) is 5.91 Å². The van der Waals surface area contributed by atoms with Gasteiger partial charge in [0.15, 0.2) is 0 Å². The number of Topliss-reactive ketones (excluding diaryl/α,β-unsaturated/α-hetero) is 1. The third kappa shape index (κ3) is 5.71. The van der Waals surface area contributed by atoms with Gasteiger partial charge in [0.05, 0.1) is 17.3 Å². The van der Waals surface area contributed by atoms with Crippen molar-refractivity contribution in [2.75, 3.05) is 38.0 Å². The normalized spacial score (nSPS) is 14.8. The smallest absolute Gasteiger partial charge is 0.295 e. The van der Waals surface area contributed by atoms with E-state index in [1.165, 1.54) is 0 Å². The predicted molar refractivity (Wildman–Crippen MR) is 123 cm³/mol. The maximum absolute atomic E-state index is 12.9. The van der Waals surface area contributed by atoms with Crippen molar-refractivity contribution in [1.82, 2.24) is 9.80 Å². The van der Waals surface area contributed by atoms with Gasteiger partial charge in [-0.1, -0.05) is 41.4 Å². The van der Waals surface area contributed by atoms with Crippen LogP contribution in [0.1, 0.15) is 33.5 Å². The Balaban J connectivity index is 1.59. The summed E-state index contributed by atoms with van der Waals surface area (Å²) in [5, 5.41) is 3.31. The summed E-state index contributed by atoms with van der Waals surface area (Å²) in [4.78, 5) is 41.8. The second-order valence-electron chi connectivity index (χ2n) is 8.05. The molecule has 0 unspecified atom stereocenters. The van der Waals surface area contributed by atoms with Crippen LogP contribution >= 0.6 is 11.6 Å². The van der Waals surface area contributed by atoms with Gasteiger partial charge in [-0.15, -0.1) is 0 Å². The van der Waals surface area contributed by atoms with Gasteiger partial charge in [0, 0.05) is 31.7 Å². The summed E-state index contributed by atoms with van der Waals surface area (Å²) in [5.41, 5.74) is 3.79. The molecule has 164 valence electrons. The second-order valence-corrected chi connectivity index (χ2v) is 8.46. The minimum Gasteiger partial charge on any atom is -0.334 e. The zero-order valence-electron chi connectivity index (χ0n) is 18.2. The number of benzene rings is 2. The Morgan fingerprint density at radius 3 is 2.32 bits per heavy atom. The fourth-order valence-corrected chi connectivity index (χ4v) is 4.26. The molecule has 1 saturated heterocycles. The van der Waals surface area contributed by atoms with Crippen molar-refractivity contribution in [3.63, 3.8) is 0 Å². The SMILES string of the molecule is Cc1cc(C)c(C(=O)C(=O)N2CCCN(CC(=O)Nc3ccccc3Cl)CC2)c(C)c1. The summed E-state index contributed by atoms with van der Waals surface area (Å²) in [7, 11) is 0. The van der Waals surface area contributed by atoms with E-state index in [1.54, 1.807) is 23.1 Å². The molecule has 0 radical (unpaired) electrons. The molecule has 0 aromatic heterocycles. The number of aryl methyl sites for hydroxylation is 3. The van der Waals surface area contributed by atoms with Gasteiger partial charge < -0.3 is 10.2 Å². The van der Waals surface area contributed by atoms with Crippen molar-refractivity contribution < 1.29 is 14.4 Å². The van der Waals surface area contributed by atoms with Crippen molar-refractivity contribution in [3.8, 4) is 0 Å². The summed E-state index contributed by atoms with van der Waals surface area (Å²) in [6, 6.07) is 10.9. The first-order valence-corrected chi connectivity index (χ1v) is 10.8. The van der Waals surface area contributed by atoms with Gasteiger partial charge in [-0.05, 0) is 50.5 Å². The first-order valence-electron chi connectivity index (χ1n) is 10.4. The number of nitrogens with one attached hydrogen (secondary N) is 1. The van der Waals surface area contributed by atoms with Crippen LogP contribution in [0.2, 0.25) is 5.02 Å². The number of halogens is 1. The average Bonchev–Trinajstić information content (AvgIpc) is 2.94. The van der Waals surface area contributed by atoms with E-state index >= 15 is 0 Å². The molecule has 3 rings (SSSR count). The molecule has 0 atom stereocenters. The highest BCUT2D eigenvalue weighted by atomic mass is 35.5. The maximum Gasteiger partial charge on any atom is 0.295 e. The molecule has 0 spiro atoms. The summed E-state index contributed by atoms with van der Waals surface area (Å²) in [6.45, 7) is 8.02. The number of hydrogen-bond acceptors (Lipinski definition) is 4. The minimum atomic E-state index is -0.475. The zero-order valence-corrected chi connectivity index (χ0v) is 19.0. The number of ketones is 1. The molecule has 0 bridgehead atoms. The van der Waals surface area contributed by atoms with Crippen LogP contribution in [0.15, 0.2) is 36.4 Å². The summed E-state index contributed by atoms with van der Waals surface area (Å²) in [5.74, 6) is -1.09. The van der Waals surface area contributed by atoms with Gasteiger partial charge in [-0.2, -0.15) is 0 Å². The molecule has 2 aromatic rings. The molecule has 2 aromatic carbocycles. The van der Waals surface area contributed by atoms with E-state index in [4.69, 9.17) is 11.6 Å². The Bertz CT molecular complexity index is 982. The van der Waals surface area contributed by atoms with E-state index in [0.29, 0.717) is 48.9 Å². The fraction of sp³-hybridized carbons (Fsp3) is 0.375. The molecule has 2 amide bonds. The summed E-state index contributed by atoms with van der Waals surface area (Å²) in [6.07, 6.45) is 0.699. The van der Waals surface area contributed by atoms with E-state index in [9.17, 15) is 14.4 Å². The monoisotopic (exact) mass is 441 g/mol. The van der Waals surface area contributed by atoms with E-state index < -0.39 is 11.7 Å². The molecule has 1 aliphatic rings. The highest BCUT2D eigenvalue weighted by Crippen LogP contribution is 2.21. The molecule has 1 N–H and O–H groups in total. The van der Waals surface area contributed by atoms with E-state index in [-0.39, 0.29) is 12.5 Å².